The van der Waals surface area contributed by atoms with E-state index in [4.69, 9.17) is 4.74 Å². The van der Waals surface area contributed by atoms with Crippen molar-refractivity contribution in [3.8, 4) is 11.8 Å². The van der Waals surface area contributed by atoms with Gasteiger partial charge >= 0.3 is 5.97 Å². The number of hydrogen-bond donors (Lipinski definition) is 0. The van der Waals surface area contributed by atoms with E-state index < -0.39 is 11.4 Å². The Kier molecular flexibility index (Phi) is 5.98. The lowest BCUT2D eigenvalue weighted by Crippen LogP contribution is -2.38. The van der Waals surface area contributed by atoms with Gasteiger partial charge in [0, 0.05) is 50.4 Å². The van der Waals surface area contributed by atoms with Crippen LogP contribution in [0.4, 0.5) is 0 Å². The molecule has 30 heavy (non-hydrogen) atoms. The van der Waals surface area contributed by atoms with E-state index in [9.17, 15) is 14.4 Å². The fourth-order valence-electron chi connectivity index (χ4n) is 4.45. The van der Waals surface area contributed by atoms with Crippen molar-refractivity contribution in [2.24, 2.45) is 5.41 Å². The largest absolute Gasteiger partial charge is 0.430 e. The number of carbonyl (C=O) groups excluding carboxylic acids is 3. The SMILES string of the molecule is CC#Cc1cc(C)c(C2=C(OC(C)=O)CC3(C=CN(C(C)=O)CC3)CC2=O)c(C)c1. The van der Waals surface area contributed by atoms with E-state index in [1.807, 2.05) is 32.1 Å². The van der Waals surface area contributed by atoms with E-state index in [1.165, 1.54) is 13.8 Å². The fraction of sp³-hybridized carbons (Fsp3) is 0.400. The molecule has 2 aliphatic rings. The van der Waals surface area contributed by atoms with Gasteiger partial charge < -0.3 is 9.64 Å². The van der Waals surface area contributed by atoms with Crippen molar-refractivity contribution in [1.29, 1.82) is 0 Å². The van der Waals surface area contributed by atoms with Crippen LogP contribution >= 0.6 is 0 Å². The van der Waals surface area contributed by atoms with Crippen molar-refractivity contribution in [1.82, 2.24) is 4.90 Å². The molecule has 1 unspecified atom stereocenters. The number of ketones is 1. The zero-order chi connectivity index (χ0) is 22.1. The van der Waals surface area contributed by atoms with Crippen LogP contribution in [-0.2, 0) is 19.1 Å². The Hall–Kier alpha value is -3.13. The summed E-state index contributed by atoms with van der Waals surface area (Å²) in [6, 6.07) is 3.92. The number of esters is 1. The average molecular weight is 405 g/mol. The number of rotatable bonds is 2. The van der Waals surface area contributed by atoms with Gasteiger partial charge in [0.15, 0.2) is 5.78 Å². The standard InChI is InChI=1S/C25H27NO4/c1-6-7-20-12-16(2)23(17(3)13-20)24-21(29)14-25(15-22(24)30-19(5)28)8-10-26(11-9-25)18(4)27/h8,10,12-13H,9,11,14-15H2,1-5H3. The summed E-state index contributed by atoms with van der Waals surface area (Å²) >= 11 is 0. The molecule has 5 nitrogen and oxygen atoms in total. The highest BCUT2D eigenvalue weighted by molar-refractivity contribution is 6.23. The van der Waals surface area contributed by atoms with Gasteiger partial charge in [0.25, 0.3) is 0 Å². The summed E-state index contributed by atoms with van der Waals surface area (Å²) in [5.41, 5.74) is 3.62. The average Bonchev–Trinajstić information content (AvgIpc) is 2.63. The Balaban J connectivity index is 2.11. The van der Waals surface area contributed by atoms with Crippen molar-refractivity contribution >= 4 is 23.2 Å². The molecule has 1 aromatic carbocycles. The second-order valence-electron chi connectivity index (χ2n) is 8.17. The minimum Gasteiger partial charge on any atom is -0.430 e. The summed E-state index contributed by atoms with van der Waals surface area (Å²) in [7, 11) is 0. The van der Waals surface area contributed by atoms with Crippen molar-refractivity contribution in [2.45, 2.75) is 53.9 Å². The normalized spacial score (nSPS) is 20.8. The third kappa shape index (κ3) is 4.23. The van der Waals surface area contributed by atoms with Crippen LogP contribution in [0.15, 0.2) is 30.2 Å². The minimum atomic E-state index is -0.443. The second-order valence-corrected chi connectivity index (χ2v) is 8.17. The van der Waals surface area contributed by atoms with E-state index in [0.717, 1.165) is 22.3 Å². The first-order valence-corrected chi connectivity index (χ1v) is 10.1. The van der Waals surface area contributed by atoms with Gasteiger partial charge in [-0.3, -0.25) is 14.4 Å². The van der Waals surface area contributed by atoms with E-state index in [-0.39, 0.29) is 11.7 Å². The number of ether oxygens (including phenoxy) is 1. The van der Waals surface area contributed by atoms with Crippen LogP contribution in [-0.4, -0.2) is 29.1 Å². The Labute approximate surface area is 177 Å². The minimum absolute atomic E-state index is 0.0267. The van der Waals surface area contributed by atoms with Gasteiger partial charge in [-0.1, -0.05) is 12.0 Å². The first-order chi connectivity index (χ1) is 14.2. The highest BCUT2D eigenvalue weighted by atomic mass is 16.5. The Morgan fingerprint density at radius 3 is 2.30 bits per heavy atom. The maximum atomic E-state index is 13.4. The molecule has 3 rings (SSSR count). The molecular formula is C25H27NO4. The first kappa shape index (κ1) is 21.6. The third-order valence-corrected chi connectivity index (χ3v) is 5.76. The van der Waals surface area contributed by atoms with Crippen LogP contribution in [0.2, 0.25) is 0 Å². The molecule has 5 heteroatoms. The van der Waals surface area contributed by atoms with E-state index >= 15 is 0 Å². The lowest BCUT2D eigenvalue weighted by atomic mass is 9.68. The summed E-state index contributed by atoms with van der Waals surface area (Å²) in [5, 5.41) is 0. The van der Waals surface area contributed by atoms with Crippen LogP contribution in [0.25, 0.3) is 5.57 Å². The highest BCUT2D eigenvalue weighted by Gasteiger charge is 2.42. The second kappa shape index (κ2) is 8.31. The molecule has 1 aromatic rings. The summed E-state index contributed by atoms with van der Waals surface area (Å²) in [4.78, 5) is 38.6. The zero-order valence-corrected chi connectivity index (χ0v) is 18.2. The van der Waals surface area contributed by atoms with Crippen molar-refractivity contribution < 1.29 is 19.1 Å². The van der Waals surface area contributed by atoms with Gasteiger partial charge in [-0.2, -0.15) is 0 Å². The quantitative estimate of drug-likeness (QED) is 0.550. The molecule has 0 radical (unpaired) electrons. The Bertz CT molecular complexity index is 1030. The lowest BCUT2D eigenvalue weighted by molar-refractivity contribution is -0.137. The molecule has 0 N–H and O–H groups in total. The predicted molar refractivity (Wildman–Crippen MR) is 115 cm³/mol. The number of carbonyl (C=O) groups is 3. The van der Waals surface area contributed by atoms with Gasteiger partial charge in [0.05, 0.1) is 5.57 Å². The van der Waals surface area contributed by atoms with Gasteiger partial charge in [0.1, 0.15) is 5.76 Å². The predicted octanol–water partition coefficient (Wildman–Crippen LogP) is 4.06. The molecule has 0 bridgehead atoms. The van der Waals surface area contributed by atoms with Gasteiger partial charge in [0.2, 0.25) is 5.91 Å². The molecule has 156 valence electrons. The number of benzene rings is 1. The van der Waals surface area contributed by atoms with Crippen molar-refractivity contribution in [3.63, 3.8) is 0 Å². The molecule has 1 aliphatic heterocycles. The number of Topliss-reactive ketones (excluding diaryl/α,β-unsaturated/α-hetero) is 1. The topological polar surface area (TPSA) is 63.7 Å². The molecule has 0 saturated heterocycles. The molecule has 1 amide bonds. The smallest absolute Gasteiger partial charge is 0.307 e. The van der Waals surface area contributed by atoms with Gasteiger partial charge in [-0.05, 0) is 56.0 Å². The molecule has 0 saturated carbocycles. The van der Waals surface area contributed by atoms with Crippen LogP contribution in [0, 0.1) is 31.1 Å². The maximum Gasteiger partial charge on any atom is 0.307 e. The van der Waals surface area contributed by atoms with Crippen LogP contribution in [0.1, 0.15) is 62.3 Å². The molecular weight excluding hydrogens is 378 g/mol. The Morgan fingerprint density at radius 2 is 1.80 bits per heavy atom. The van der Waals surface area contributed by atoms with Crippen molar-refractivity contribution in [2.75, 3.05) is 6.54 Å². The number of amides is 1. The maximum absolute atomic E-state index is 13.4. The number of nitrogens with zero attached hydrogens (tertiary/aromatic N) is 1. The van der Waals surface area contributed by atoms with Crippen LogP contribution in [0.5, 0.6) is 0 Å². The number of allylic oxidation sites excluding steroid dienone is 3. The molecule has 1 atom stereocenters. The first-order valence-electron chi connectivity index (χ1n) is 10.1. The molecule has 1 heterocycles. The van der Waals surface area contributed by atoms with Crippen molar-refractivity contribution in [3.05, 3.63) is 52.4 Å². The lowest BCUT2D eigenvalue weighted by Gasteiger charge is -2.40. The third-order valence-electron chi connectivity index (χ3n) is 5.76. The van der Waals surface area contributed by atoms with E-state index in [2.05, 4.69) is 11.8 Å². The number of aryl methyl sites for hydroxylation is 2. The summed E-state index contributed by atoms with van der Waals surface area (Å²) in [6.07, 6.45) is 5.10. The van der Waals surface area contributed by atoms with Crippen LogP contribution < -0.4 is 0 Å². The monoisotopic (exact) mass is 405 g/mol. The van der Waals surface area contributed by atoms with Gasteiger partial charge in [-0.15, -0.1) is 5.92 Å². The van der Waals surface area contributed by atoms with Gasteiger partial charge in [-0.25, -0.2) is 0 Å². The van der Waals surface area contributed by atoms with Crippen LogP contribution in [0.3, 0.4) is 0 Å². The summed E-state index contributed by atoms with van der Waals surface area (Å²) in [6.45, 7) is 9.10. The molecule has 0 fully saturated rings. The van der Waals surface area contributed by atoms with E-state index in [0.29, 0.717) is 37.1 Å². The van der Waals surface area contributed by atoms with E-state index in [1.54, 1.807) is 18.0 Å². The summed E-state index contributed by atoms with van der Waals surface area (Å²) in [5.74, 6) is 5.86. The Morgan fingerprint density at radius 1 is 1.13 bits per heavy atom. The number of hydrogen-bond acceptors (Lipinski definition) is 4. The summed E-state index contributed by atoms with van der Waals surface area (Å²) < 4.78 is 5.60. The zero-order valence-electron chi connectivity index (χ0n) is 18.2. The highest BCUT2D eigenvalue weighted by Crippen LogP contribution is 2.47. The molecule has 0 aromatic heterocycles. The fourth-order valence-corrected chi connectivity index (χ4v) is 4.45. The molecule has 1 spiro atoms. The molecule has 1 aliphatic carbocycles.